The first-order chi connectivity index (χ1) is 18.3. The number of carbonyl (C=O) groups is 3. The SMILES string of the molecule is O=C(NC1CCc2ccccc21)[C@@H]1CN(C(=O)Nc2ccc(Cl)c(Cl)c2)CCN1C(=O)c1cccc(Cl)c1. The van der Waals surface area contributed by atoms with E-state index in [4.69, 9.17) is 34.8 Å². The lowest BCUT2D eigenvalue weighted by Gasteiger charge is -2.41. The summed E-state index contributed by atoms with van der Waals surface area (Å²) in [6.45, 7) is 0.453. The minimum Gasteiger partial charge on any atom is -0.347 e. The smallest absolute Gasteiger partial charge is 0.321 e. The third kappa shape index (κ3) is 5.60. The molecule has 1 fully saturated rings. The quantitative estimate of drug-likeness (QED) is 0.415. The molecule has 0 radical (unpaired) electrons. The number of aryl methyl sites for hydroxylation is 1. The molecular weight excluding hydrogens is 547 g/mol. The van der Waals surface area contributed by atoms with E-state index >= 15 is 0 Å². The van der Waals surface area contributed by atoms with E-state index < -0.39 is 12.1 Å². The molecule has 0 bridgehead atoms. The van der Waals surface area contributed by atoms with Gasteiger partial charge in [0.15, 0.2) is 0 Å². The molecule has 1 aliphatic heterocycles. The van der Waals surface area contributed by atoms with Crippen molar-refractivity contribution in [2.75, 3.05) is 25.0 Å². The fourth-order valence-electron chi connectivity index (χ4n) is 4.97. The molecule has 2 N–H and O–H groups in total. The van der Waals surface area contributed by atoms with Crippen LogP contribution in [-0.2, 0) is 11.2 Å². The van der Waals surface area contributed by atoms with Crippen molar-refractivity contribution in [2.24, 2.45) is 0 Å². The van der Waals surface area contributed by atoms with E-state index in [1.807, 2.05) is 18.2 Å². The lowest BCUT2D eigenvalue weighted by molar-refractivity contribution is -0.127. The second kappa shape index (κ2) is 11.2. The van der Waals surface area contributed by atoms with Gasteiger partial charge in [0.25, 0.3) is 5.91 Å². The van der Waals surface area contributed by atoms with Gasteiger partial charge in [0.05, 0.1) is 22.6 Å². The van der Waals surface area contributed by atoms with Gasteiger partial charge in [0.1, 0.15) is 6.04 Å². The third-order valence-electron chi connectivity index (χ3n) is 6.92. The van der Waals surface area contributed by atoms with Gasteiger partial charge in [0.2, 0.25) is 5.91 Å². The lowest BCUT2D eigenvalue weighted by Crippen LogP contribution is -2.62. The largest absolute Gasteiger partial charge is 0.347 e. The number of nitrogens with one attached hydrogen (secondary N) is 2. The third-order valence-corrected chi connectivity index (χ3v) is 7.90. The molecule has 0 aromatic heterocycles. The van der Waals surface area contributed by atoms with Gasteiger partial charge in [-0.25, -0.2) is 4.79 Å². The monoisotopic (exact) mass is 570 g/mol. The number of carbonyl (C=O) groups excluding carboxylic acids is 3. The van der Waals surface area contributed by atoms with Gasteiger partial charge < -0.3 is 20.4 Å². The summed E-state index contributed by atoms with van der Waals surface area (Å²) in [6, 6.07) is 18.0. The molecule has 10 heteroatoms. The summed E-state index contributed by atoms with van der Waals surface area (Å²) in [5.41, 5.74) is 3.15. The number of amides is 4. The minimum atomic E-state index is -0.887. The highest BCUT2D eigenvalue weighted by Gasteiger charge is 2.39. The zero-order chi connectivity index (χ0) is 26.8. The van der Waals surface area contributed by atoms with Crippen molar-refractivity contribution in [1.82, 2.24) is 15.1 Å². The number of benzene rings is 3. The van der Waals surface area contributed by atoms with E-state index in [0.717, 1.165) is 18.4 Å². The van der Waals surface area contributed by atoms with Crippen LogP contribution < -0.4 is 10.6 Å². The van der Waals surface area contributed by atoms with Crippen LogP contribution in [0.15, 0.2) is 66.7 Å². The number of hydrogen-bond acceptors (Lipinski definition) is 3. The van der Waals surface area contributed by atoms with Crippen LogP contribution in [0.5, 0.6) is 0 Å². The number of nitrogens with zero attached hydrogens (tertiary/aromatic N) is 2. The number of halogens is 3. The first kappa shape index (κ1) is 26.4. The maximum atomic E-state index is 13.7. The topological polar surface area (TPSA) is 81.8 Å². The Kier molecular flexibility index (Phi) is 7.79. The van der Waals surface area contributed by atoms with Crippen molar-refractivity contribution in [3.8, 4) is 0 Å². The van der Waals surface area contributed by atoms with Gasteiger partial charge in [0, 0.05) is 29.4 Å². The number of rotatable bonds is 4. The van der Waals surface area contributed by atoms with Gasteiger partial charge in [-0.1, -0.05) is 65.1 Å². The highest BCUT2D eigenvalue weighted by Crippen LogP contribution is 2.31. The fraction of sp³-hybridized carbons (Fsp3) is 0.250. The van der Waals surface area contributed by atoms with Crippen molar-refractivity contribution >= 4 is 58.3 Å². The molecule has 3 aromatic carbocycles. The van der Waals surface area contributed by atoms with Crippen molar-refractivity contribution < 1.29 is 14.4 Å². The average Bonchev–Trinajstić information content (AvgIpc) is 3.32. The van der Waals surface area contributed by atoms with Crippen LogP contribution >= 0.6 is 34.8 Å². The first-order valence-electron chi connectivity index (χ1n) is 12.3. The number of fused-ring (bicyclic) bond motifs is 1. The Hall–Kier alpha value is -3.26. The summed E-state index contributed by atoms with van der Waals surface area (Å²) >= 11 is 18.2. The highest BCUT2D eigenvalue weighted by atomic mass is 35.5. The summed E-state index contributed by atoms with van der Waals surface area (Å²) in [6.07, 6.45) is 1.65. The average molecular weight is 572 g/mol. The molecule has 2 aliphatic rings. The Bertz CT molecular complexity index is 1400. The van der Waals surface area contributed by atoms with Crippen molar-refractivity contribution in [3.63, 3.8) is 0 Å². The van der Waals surface area contributed by atoms with E-state index in [0.29, 0.717) is 26.3 Å². The van der Waals surface area contributed by atoms with E-state index in [2.05, 4.69) is 16.7 Å². The molecule has 0 spiro atoms. The van der Waals surface area contributed by atoms with Crippen LogP contribution in [0.1, 0.15) is 33.9 Å². The predicted octanol–water partition coefficient (Wildman–Crippen LogP) is 5.81. The zero-order valence-corrected chi connectivity index (χ0v) is 22.6. The molecule has 196 valence electrons. The Morgan fingerprint density at radius 2 is 1.68 bits per heavy atom. The van der Waals surface area contributed by atoms with Crippen molar-refractivity contribution in [2.45, 2.75) is 24.9 Å². The summed E-state index contributed by atoms with van der Waals surface area (Å²) in [7, 11) is 0. The summed E-state index contributed by atoms with van der Waals surface area (Å²) in [5, 5.41) is 7.05. The van der Waals surface area contributed by atoms with Gasteiger partial charge in [-0.05, 0) is 60.4 Å². The highest BCUT2D eigenvalue weighted by molar-refractivity contribution is 6.42. The van der Waals surface area contributed by atoms with E-state index in [9.17, 15) is 14.4 Å². The van der Waals surface area contributed by atoms with Gasteiger partial charge >= 0.3 is 6.03 Å². The van der Waals surface area contributed by atoms with Crippen LogP contribution in [0, 0.1) is 0 Å². The molecule has 1 aliphatic carbocycles. The molecule has 1 heterocycles. The van der Waals surface area contributed by atoms with Crippen LogP contribution in [0.4, 0.5) is 10.5 Å². The molecule has 1 saturated heterocycles. The molecule has 7 nitrogen and oxygen atoms in total. The molecule has 1 unspecified atom stereocenters. The molecular formula is C28H25Cl3N4O3. The van der Waals surface area contributed by atoms with Gasteiger partial charge in [-0.2, -0.15) is 0 Å². The van der Waals surface area contributed by atoms with Crippen LogP contribution in [0.25, 0.3) is 0 Å². The normalized spacial score (nSPS) is 18.6. The number of hydrogen-bond donors (Lipinski definition) is 2. The fourth-order valence-corrected chi connectivity index (χ4v) is 5.46. The predicted molar refractivity (Wildman–Crippen MR) is 149 cm³/mol. The van der Waals surface area contributed by atoms with Gasteiger partial charge in [-0.3, -0.25) is 9.59 Å². The van der Waals surface area contributed by atoms with E-state index in [-0.39, 0.29) is 37.5 Å². The van der Waals surface area contributed by atoms with E-state index in [1.54, 1.807) is 42.5 Å². The molecule has 3 aromatic rings. The van der Waals surface area contributed by atoms with Crippen LogP contribution in [-0.4, -0.2) is 53.3 Å². The molecule has 2 atom stereocenters. The van der Waals surface area contributed by atoms with E-state index in [1.165, 1.54) is 15.4 Å². The second-order valence-corrected chi connectivity index (χ2v) is 10.6. The van der Waals surface area contributed by atoms with Crippen LogP contribution in [0.3, 0.4) is 0 Å². The number of piperazine rings is 1. The summed E-state index contributed by atoms with van der Waals surface area (Å²) in [4.78, 5) is 43.3. The summed E-state index contributed by atoms with van der Waals surface area (Å²) < 4.78 is 0. The van der Waals surface area contributed by atoms with Gasteiger partial charge in [-0.15, -0.1) is 0 Å². The Balaban J connectivity index is 1.36. The molecule has 0 saturated carbocycles. The first-order valence-corrected chi connectivity index (χ1v) is 13.4. The number of anilines is 1. The zero-order valence-electron chi connectivity index (χ0n) is 20.3. The summed E-state index contributed by atoms with van der Waals surface area (Å²) in [5.74, 6) is -0.627. The minimum absolute atomic E-state index is 0.0274. The van der Waals surface area contributed by atoms with Crippen molar-refractivity contribution in [1.29, 1.82) is 0 Å². The molecule has 4 amide bonds. The maximum Gasteiger partial charge on any atom is 0.321 e. The number of urea groups is 1. The second-order valence-electron chi connectivity index (χ2n) is 9.33. The Morgan fingerprint density at radius 3 is 2.47 bits per heavy atom. The molecule has 5 rings (SSSR count). The Morgan fingerprint density at radius 1 is 0.868 bits per heavy atom. The molecule has 38 heavy (non-hydrogen) atoms. The lowest BCUT2D eigenvalue weighted by atomic mass is 10.1. The Labute approximate surface area is 235 Å². The standard InChI is InChI=1S/C28H25Cl3N4O3/c29-19-6-3-5-18(14-19)27(37)35-13-12-34(28(38)32-20-9-10-22(30)23(31)15-20)16-25(35)26(36)33-24-11-8-17-4-1-2-7-21(17)24/h1-7,9-10,14-15,24-25H,8,11-13,16H2,(H,32,38)(H,33,36)/t24?,25-/m0/s1. The maximum absolute atomic E-state index is 13.7. The van der Waals surface area contributed by atoms with Crippen LogP contribution in [0.2, 0.25) is 15.1 Å². The van der Waals surface area contributed by atoms with Crippen molar-refractivity contribution in [3.05, 3.63) is 98.5 Å².